The van der Waals surface area contributed by atoms with E-state index in [-0.39, 0.29) is 17.0 Å². The van der Waals surface area contributed by atoms with Crippen molar-refractivity contribution >= 4 is 51.7 Å². The number of benzene rings is 3. The Balaban J connectivity index is 1.35. The summed E-state index contributed by atoms with van der Waals surface area (Å²) in [5.74, 6) is -0.800. The fourth-order valence-electron chi connectivity index (χ4n) is 4.85. The summed E-state index contributed by atoms with van der Waals surface area (Å²) in [5, 5.41) is 0.00895. The Kier molecular flexibility index (Phi) is 6.72. The van der Waals surface area contributed by atoms with Crippen LogP contribution in [0.25, 0.3) is 0 Å². The molecule has 3 aromatic rings. The number of nitrogens with zero attached hydrogens (tertiary/aromatic N) is 2. The minimum Gasteiger partial charge on any atom is -0.354 e. The fraction of sp³-hybridized carbons (Fsp3) is 0.185. The van der Waals surface area contributed by atoms with E-state index in [4.69, 9.17) is 11.6 Å². The van der Waals surface area contributed by atoms with Crippen LogP contribution in [0.2, 0.25) is 0 Å². The van der Waals surface area contributed by atoms with Crippen LogP contribution in [-0.2, 0) is 9.59 Å². The van der Waals surface area contributed by atoms with Crippen molar-refractivity contribution < 1.29 is 14.5 Å². The molecule has 1 N–H and O–H groups in total. The molecule has 3 aromatic carbocycles. The van der Waals surface area contributed by atoms with Gasteiger partial charge >= 0.3 is 0 Å². The molecule has 2 heterocycles. The molecule has 0 spiro atoms. The van der Waals surface area contributed by atoms with Crippen molar-refractivity contribution in [2.45, 2.75) is 6.04 Å². The molecule has 0 bridgehead atoms. The molecule has 0 unspecified atom stereocenters. The minimum absolute atomic E-state index is 0.00895. The topological polar surface area (TPSA) is 45.1 Å². The summed E-state index contributed by atoms with van der Waals surface area (Å²) >= 11 is 8.63. The van der Waals surface area contributed by atoms with Gasteiger partial charge in [0.1, 0.15) is 16.8 Å². The smallest absolute Gasteiger partial charge is 0.283 e. The molecule has 0 aliphatic carbocycles. The summed E-state index contributed by atoms with van der Waals surface area (Å²) in [5.41, 5.74) is 3.40. The van der Waals surface area contributed by atoms with Crippen LogP contribution in [0.5, 0.6) is 0 Å². The van der Waals surface area contributed by atoms with Gasteiger partial charge in [-0.15, -0.1) is 0 Å². The molecule has 0 saturated carbocycles. The predicted octanol–water partition coefficient (Wildman–Crippen LogP) is 3.60. The summed E-state index contributed by atoms with van der Waals surface area (Å²) in [7, 11) is 0. The molecule has 1 saturated heterocycles. The highest BCUT2D eigenvalue weighted by Crippen LogP contribution is 2.31. The third-order valence-corrected chi connectivity index (χ3v) is 7.55. The second-order valence-corrected chi connectivity index (χ2v) is 10.1. The fourth-order valence-corrected chi connectivity index (χ4v) is 5.50. The Bertz CT molecular complexity index is 1180. The molecule has 1 fully saturated rings. The first-order valence-electron chi connectivity index (χ1n) is 11.3. The van der Waals surface area contributed by atoms with E-state index in [1.54, 1.807) is 12.1 Å². The molecule has 5 nitrogen and oxygen atoms in total. The van der Waals surface area contributed by atoms with Crippen molar-refractivity contribution in [3.05, 3.63) is 110 Å². The Hall–Kier alpha value is -2.68. The van der Waals surface area contributed by atoms with Crippen molar-refractivity contribution in [1.82, 2.24) is 4.90 Å². The Morgan fingerprint density at radius 2 is 1.29 bits per heavy atom. The maximum absolute atomic E-state index is 13.3. The van der Waals surface area contributed by atoms with Gasteiger partial charge in [0.05, 0.1) is 31.9 Å². The van der Waals surface area contributed by atoms with Crippen LogP contribution >= 0.6 is 34.2 Å². The number of hydrogen-bond donors (Lipinski definition) is 1. The highest BCUT2D eigenvalue weighted by atomic mass is 127. The molecule has 2 aliphatic rings. The molecule has 0 aromatic heterocycles. The first-order valence-corrected chi connectivity index (χ1v) is 12.7. The highest BCUT2D eigenvalue weighted by Gasteiger charge is 2.43. The van der Waals surface area contributed by atoms with E-state index in [2.05, 4.69) is 71.1 Å². The molecule has 2 aliphatic heterocycles. The number of rotatable bonds is 5. The lowest BCUT2D eigenvalue weighted by molar-refractivity contribution is -0.929. The lowest BCUT2D eigenvalue weighted by Gasteiger charge is -2.38. The van der Waals surface area contributed by atoms with E-state index < -0.39 is 5.91 Å². The number of imide groups is 1. The minimum atomic E-state index is -0.455. The summed E-state index contributed by atoms with van der Waals surface area (Å²) in [6.07, 6.45) is 0. The maximum atomic E-state index is 13.3. The second-order valence-electron chi connectivity index (χ2n) is 8.48. The predicted molar refractivity (Wildman–Crippen MR) is 142 cm³/mol. The maximum Gasteiger partial charge on any atom is 0.283 e. The summed E-state index contributed by atoms with van der Waals surface area (Å²) in [6.45, 7) is 2.95. The van der Waals surface area contributed by atoms with Gasteiger partial charge < -0.3 is 9.80 Å². The zero-order chi connectivity index (χ0) is 23.7. The van der Waals surface area contributed by atoms with Crippen molar-refractivity contribution in [3.63, 3.8) is 0 Å². The summed E-state index contributed by atoms with van der Waals surface area (Å²) in [6, 6.07) is 28.6. The van der Waals surface area contributed by atoms with Gasteiger partial charge in [-0.1, -0.05) is 72.3 Å². The number of carbonyl (C=O) groups excluding carboxylic acids is 2. The van der Waals surface area contributed by atoms with Gasteiger partial charge in [0.15, 0.2) is 0 Å². The SMILES string of the molecule is O=C1C(Cl)=C(N2CC[NH+](C(c3ccccc3)c3ccccc3)CC2)C(=O)N1c1ccc(I)cc1. The van der Waals surface area contributed by atoms with E-state index >= 15 is 0 Å². The number of piperazine rings is 1. The number of carbonyl (C=O) groups is 2. The van der Waals surface area contributed by atoms with Crippen LogP contribution in [-0.4, -0.2) is 42.9 Å². The number of hydrogen-bond acceptors (Lipinski definition) is 3. The molecule has 172 valence electrons. The largest absolute Gasteiger partial charge is 0.354 e. The Morgan fingerprint density at radius 3 is 1.82 bits per heavy atom. The zero-order valence-corrected chi connectivity index (χ0v) is 21.4. The van der Waals surface area contributed by atoms with Crippen molar-refractivity contribution in [3.8, 4) is 0 Å². The number of halogens is 2. The Morgan fingerprint density at radius 1 is 0.765 bits per heavy atom. The van der Waals surface area contributed by atoms with Gasteiger partial charge in [-0.25, -0.2) is 4.90 Å². The van der Waals surface area contributed by atoms with Crippen LogP contribution < -0.4 is 9.80 Å². The highest BCUT2D eigenvalue weighted by molar-refractivity contribution is 14.1. The van der Waals surface area contributed by atoms with Gasteiger partial charge in [0, 0.05) is 14.7 Å². The van der Waals surface area contributed by atoms with Crippen molar-refractivity contribution in [1.29, 1.82) is 0 Å². The van der Waals surface area contributed by atoms with Gasteiger partial charge in [-0.3, -0.25) is 9.59 Å². The lowest BCUT2D eigenvalue weighted by atomic mass is 9.96. The number of nitrogens with one attached hydrogen (secondary N) is 1. The normalized spacial score (nSPS) is 17.3. The quantitative estimate of drug-likeness (QED) is 0.368. The third kappa shape index (κ3) is 4.37. The standard InChI is InChI=1S/C27H23ClIN3O2/c28-23-25(27(34)32(26(23)33)22-13-11-21(29)12-14-22)31-17-15-30(16-18-31)24(19-7-3-1-4-8-19)20-9-5-2-6-10-20/h1-14,24H,15-18H2/p+1. The third-order valence-electron chi connectivity index (χ3n) is 6.49. The first kappa shape index (κ1) is 23.1. The van der Waals surface area contributed by atoms with Gasteiger partial charge in [0.2, 0.25) is 0 Å². The van der Waals surface area contributed by atoms with Crippen LogP contribution in [0.15, 0.2) is 95.7 Å². The first-order chi connectivity index (χ1) is 16.5. The molecule has 2 amide bonds. The van der Waals surface area contributed by atoms with Crippen molar-refractivity contribution in [2.75, 3.05) is 31.1 Å². The number of quaternary nitrogens is 1. The summed E-state index contributed by atoms with van der Waals surface area (Å²) < 4.78 is 1.03. The van der Waals surface area contributed by atoms with Crippen LogP contribution in [0.1, 0.15) is 17.2 Å². The monoisotopic (exact) mass is 584 g/mol. The molecule has 34 heavy (non-hydrogen) atoms. The average molecular weight is 585 g/mol. The molecule has 5 rings (SSSR count). The van der Waals surface area contributed by atoms with E-state index in [0.29, 0.717) is 24.5 Å². The van der Waals surface area contributed by atoms with Crippen molar-refractivity contribution in [2.24, 2.45) is 0 Å². The van der Waals surface area contributed by atoms with Crippen LogP contribution in [0.4, 0.5) is 5.69 Å². The molecule has 0 atom stereocenters. The van der Waals surface area contributed by atoms with Gasteiger partial charge in [-0.05, 0) is 46.9 Å². The zero-order valence-electron chi connectivity index (χ0n) is 18.5. The van der Waals surface area contributed by atoms with E-state index in [1.807, 2.05) is 29.2 Å². The molecule has 7 heteroatoms. The van der Waals surface area contributed by atoms with E-state index in [9.17, 15) is 9.59 Å². The number of anilines is 1. The number of amides is 2. The average Bonchev–Trinajstić information content (AvgIpc) is 3.09. The van der Waals surface area contributed by atoms with Crippen LogP contribution in [0, 0.1) is 3.57 Å². The molecular weight excluding hydrogens is 561 g/mol. The lowest BCUT2D eigenvalue weighted by Crippen LogP contribution is -3.15. The second kappa shape index (κ2) is 9.90. The van der Waals surface area contributed by atoms with E-state index in [0.717, 1.165) is 16.7 Å². The Labute approximate surface area is 217 Å². The summed E-state index contributed by atoms with van der Waals surface area (Å²) in [4.78, 5) is 30.7. The molecule has 0 radical (unpaired) electrons. The molecular formula is C27H24ClIN3O2+. The van der Waals surface area contributed by atoms with Gasteiger partial charge in [0.25, 0.3) is 11.8 Å². The van der Waals surface area contributed by atoms with E-state index in [1.165, 1.54) is 20.9 Å². The van der Waals surface area contributed by atoms with Crippen LogP contribution in [0.3, 0.4) is 0 Å². The van der Waals surface area contributed by atoms with Gasteiger partial charge in [-0.2, -0.15) is 0 Å².